The lowest BCUT2D eigenvalue weighted by molar-refractivity contribution is 0.240. The van der Waals surface area contributed by atoms with Gasteiger partial charge < -0.3 is 9.42 Å². The highest BCUT2D eigenvalue weighted by atomic mass is 16.5. The molecule has 0 aliphatic carbocycles. The van der Waals surface area contributed by atoms with E-state index in [9.17, 15) is 0 Å². The van der Waals surface area contributed by atoms with Gasteiger partial charge in [-0.15, -0.1) is 5.11 Å². The van der Waals surface area contributed by atoms with Crippen LogP contribution in [0.15, 0.2) is 34.2 Å². The number of rotatable bonds is 6. The summed E-state index contributed by atoms with van der Waals surface area (Å²) in [5.41, 5.74) is 10.2. The van der Waals surface area contributed by atoms with Crippen molar-refractivity contribution < 1.29 is 4.52 Å². The standard InChI is InChI=1S/C18H25N7O/c1-13(2)9-14-3-4-15(18(19)22-20)16(10-14)25-7-5-24(6-8-25)11-17-21-12-26-23-17/h3-4,10,12-13,19-20H,5-9,11H2,1-2H3. The molecule has 138 valence electrons. The minimum Gasteiger partial charge on any atom is -0.368 e. The summed E-state index contributed by atoms with van der Waals surface area (Å²) >= 11 is 0. The van der Waals surface area contributed by atoms with E-state index in [0.29, 0.717) is 18.3 Å². The van der Waals surface area contributed by atoms with Gasteiger partial charge in [-0.1, -0.05) is 25.1 Å². The molecule has 0 radical (unpaired) electrons. The van der Waals surface area contributed by atoms with Crippen molar-refractivity contribution >= 4 is 11.5 Å². The highest BCUT2D eigenvalue weighted by Gasteiger charge is 2.22. The van der Waals surface area contributed by atoms with Crippen LogP contribution in [-0.2, 0) is 13.0 Å². The minimum absolute atomic E-state index is 0.00493. The molecule has 0 atom stereocenters. The summed E-state index contributed by atoms with van der Waals surface area (Å²) in [5.74, 6) is 1.28. The molecular formula is C18H25N7O. The van der Waals surface area contributed by atoms with Gasteiger partial charge in [0, 0.05) is 37.4 Å². The molecule has 1 fully saturated rings. The van der Waals surface area contributed by atoms with Crippen LogP contribution < -0.4 is 4.90 Å². The first-order valence-electron chi connectivity index (χ1n) is 8.88. The molecule has 8 nitrogen and oxygen atoms in total. The van der Waals surface area contributed by atoms with Gasteiger partial charge >= 0.3 is 0 Å². The Kier molecular flexibility index (Phi) is 5.72. The Morgan fingerprint density at radius 1 is 1.27 bits per heavy atom. The second-order valence-electron chi connectivity index (χ2n) is 7.02. The molecule has 1 saturated heterocycles. The number of benzene rings is 1. The summed E-state index contributed by atoms with van der Waals surface area (Å²) in [4.78, 5) is 8.65. The Balaban J connectivity index is 1.74. The van der Waals surface area contributed by atoms with Crippen LogP contribution in [0, 0.1) is 16.9 Å². The van der Waals surface area contributed by atoms with Crippen LogP contribution in [0.5, 0.6) is 0 Å². The van der Waals surface area contributed by atoms with Gasteiger partial charge in [-0.3, -0.25) is 10.3 Å². The SMILES string of the molecule is CC(C)Cc1ccc(C(=N)N=N)c(N2CCN(Cc3ncon3)CC2)c1. The Hall–Kier alpha value is -2.61. The maximum Gasteiger partial charge on any atom is 0.213 e. The van der Waals surface area contributed by atoms with Crippen LogP contribution in [0.1, 0.15) is 30.8 Å². The van der Waals surface area contributed by atoms with Crippen molar-refractivity contribution in [1.29, 1.82) is 10.9 Å². The Morgan fingerprint density at radius 2 is 2.04 bits per heavy atom. The van der Waals surface area contributed by atoms with Crippen LogP contribution in [0.3, 0.4) is 0 Å². The van der Waals surface area contributed by atoms with Crippen molar-refractivity contribution in [2.24, 2.45) is 11.0 Å². The third kappa shape index (κ3) is 4.32. The molecule has 2 aromatic rings. The monoisotopic (exact) mass is 355 g/mol. The summed E-state index contributed by atoms with van der Waals surface area (Å²) in [6.07, 6.45) is 2.35. The summed E-state index contributed by atoms with van der Waals surface area (Å²) in [6, 6.07) is 6.13. The fourth-order valence-electron chi connectivity index (χ4n) is 3.31. The van der Waals surface area contributed by atoms with E-state index in [4.69, 9.17) is 15.5 Å². The molecule has 0 bridgehead atoms. The van der Waals surface area contributed by atoms with Gasteiger partial charge in [-0.05, 0) is 30.0 Å². The first-order valence-corrected chi connectivity index (χ1v) is 8.88. The van der Waals surface area contributed by atoms with Crippen LogP contribution in [-0.4, -0.2) is 47.1 Å². The highest BCUT2D eigenvalue weighted by Crippen LogP contribution is 2.26. The van der Waals surface area contributed by atoms with Crippen molar-refractivity contribution in [1.82, 2.24) is 15.0 Å². The summed E-state index contributed by atoms with van der Waals surface area (Å²) < 4.78 is 4.80. The zero-order chi connectivity index (χ0) is 18.5. The zero-order valence-corrected chi connectivity index (χ0v) is 15.3. The van der Waals surface area contributed by atoms with Gasteiger partial charge in [0.15, 0.2) is 11.7 Å². The van der Waals surface area contributed by atoms with Crippen molar-refractivity contribution in [3.63, 3.8) is 0 Å². The number of anilines is 1. The fraction of sp³-hybridized carbons (Fsp3) is 0.500. The number of aromatic nitrogens is 2. The predicted molar refractivity (Wildman–Crippen MR) is 98.7 cm³/mol. The number of nitrogens with one attached hydrogen (secondary N) is 2. The van der Waals surface area contributed by atoms with Crippen molar-refractivity contribution in [3.05, 3.63) is 41.5 Å². The zero-order valence-electron chi connectivity index (χ0n) is 15.3. The molecule has 8 heteroatoms. The number of hydrogen-bond donors (Lipinski definition) is 2. The summed E-state index contributed by atoms with van der Waals surface area (Å²) in [5, 5.41) is 15.2. The fourth-order valence-corrected chi connectivity index (χ4v) is 3.31. The average Bonchev–Trinajstić information content (AvgIpc) is 3.14. The highest BCUT2D eigenvalue weighted by molar-refractivity contribution is 6.01. The molecule has 0 unspecified atom stereocenters. The number of amidine groups is 1. The lowest BCUT2D eigenvalue weighted by Gasteiger charge is -2.36. The Labute approximate surface area is 153 Å². The van der Waals surface area contributed by atoms with E-state index in [2.05, 4.69) is 45.0 Å². The van der Waals surface area contributed by atoms with E-state index >= 15 is 0 Å². The van der Waals surface area contributed by atoms with Gasteiger partial charge in [0.2, 0.25) is 6.39 Å². The smallest absolute Gasteiger partial charge is 0.213 e. The molecule has 1 aromatic carbocycles. The summed E-state index contributed by atoms with van der Waals surface area (Å²) in [6.45, 7) is 8.55. The Morgan fingerprint density at radius 3 is 2.65 bits per heavy atom. The Bertz CT molecular complexity index is 749. The van der Waals surface area contributed by atoms with Crippen molar-refractivity contribution in [2.75, 3.05) is 31.1 Å². The molecule has 0 spiro atoms. The quantitative estimate of drug-likeness (QED) is 0.471. The molecule has 1 aliphatic rings. The molecule has 2 heterocycles. The molecule has 0 amide bonds. The second-order valence-corrected chi connectivity index (χ2v) is 7.02. The minimum atomic E-state index is 0.00493. The van der Waals surface area contributed by atoms with Crippen LogP contribution in [0.25, 0.3) is 0 Å². The van der Waals surface area contributed by atoms with E-state index in [-0.39, 0.29) is 5.84 Å². The van der Waals surface area contributed by atoms with Gasteiger partial charge in [-0.25, -0.2) is 5.53 Å². The lowest BCUT2D eigenvalue weighted by Crippen LogP contribution is -2.46. The normalized spacial score (nSPS) is 15.4. The van der Waals surface area contributed by atoms with E-state index in [1.54, 1.807) is 0 Å². The molecule has 1 aliphatic heterocycles. The number of nitrogens with zero attached hydrogens (tertiary/aromatic N) is 5. The van der Waals surface area contributed by atoms with Gasteiger partial charge in [-0.2, -0.15) is 4.98 Å². The predicted octanol–water partition coefficient (Wildman–Crippen LogP) is 2.95. The van der Waals surface area contributed by atoms with Crippen LogP contribution >= 0.6 is 0 Å². The average molecular weight is 355 g/mol. The maximum absolute atomic E-state index is 8.00. The molecular weight excluding hydrogens is 330 g/mol. The van der Waals surface area contributed by atoms with Crippen LogP contribution in [0.2, 0.25) is 0 Å². The lowest BCUT2D eigenvalue weighted by atomic mass is 9.99. The largest absolute Gasteiger partial charge is 0.368 e. The third-order valence-electron chi connectivity index (χ3n) is 4.56. The topological polar surface area (TPSA) is 105 Å². The molecule has 3 rings (SSSR count). The second kappa shape index (κ2) is 8.18. The number of hydrogen-bond acceptors (Lipinski definition) is 7. The van der Waals surface area contributed by atoms with Gasteiger partial charge in [0.05, 0.1) is 6.54 Å². The molecule has 1 aromatic heterocycles. The van der Waals surface area contributed by atoms with Gasteiger partial charge in [0.25, 0.3) is 0 Å². The van der Waals surface area contributed by atoms with E-state index < -0.39 is 0 Å². The van der Waals surface area contributed by atoms with Crippen molar-refractivity contribution in [2.45, 2.75) is 26.8 Å². The van der Waals surface area contributed by atoms with Crippen molar-refractivity contribution in [3.8, 4) is 0 Å². The maximum atomic E-state index is 8.00. The van der Waals surface area contributed by atoms with E-state index in [1.165, 1.54) is 12.0 Å². The van der Waals surface area contributed by atoms with Crippen LogP contribution in [0.4, 0.5) is 5.69 Å². The first-order chi connectivity index (χ1) is 12.6. The van der Waals surface area contributed by atoms with E-state index in [1.807, 2.05) is 12.1 Å². The first kappa shape index (κ1) is 18.2. The number of piperazine rings is 1. The molecule has 26 heavy (non-hydrogen) atoms. The van der Waals surface area contributed by atoms with E-state index in [0.717, 1.165) is 43.9 Å². The summed E-state index contributed by atoms with van der Waals surface area (Å²) in [7, 11) is 0. The molecule has 0 saturated carbocycles. The third-order valence-corrected chi connectivity index (χ3v) is 4.56. The molecule has 2 N–H and O–H groups in total. The van der Waals surface area contributed by atoms with Gasteiger partial charge in [0.1, 0.15) is 0 Å².